The zero-order valence-electron chi connectivity index (χ0n) is 12.7. The van der Waals surface area contributed by atoms with Crippen LogP contribution in [0.15, 0.2) is 54.6 Å². The van der Waals surface area contributed by atoms with Crippen LogP contribution in [0, 0.1) is 11.6 Å². The number of aryl methyl sites for hydroxylation is 1. The lowest BCUT2D eigenvalue weighted by atomic mass is 10.1. The molecule has 2 aromatic rings. The lowest BCUT2D eigenvalue weighted by molar-refractivity contribution is -0.137. The van der Waals surface area contributed by atoms with E-state index in [9.17, 15) is 18.4 Å². The monoisotopic (exact) mass is 334 g/mol. The minimum atomic E-state index is -1.08. The Kier molecular flexibility index (Phi) is 7.84. The smallest absolute Gasteiger partial charge is 0.328 e. The van der Waals surface area contributed by atoms with E-state index >= 15 is 0 Å². The predicted molar refractivity (Wildman–Crippen MR) is 85.4 cm³/mol. The van der Waals surface area contributed by atoms with Gasteiger partial charge in [0.05, 0.1) is 0 Å². The molecule has 0 saturated carbocycles. The Balaban J connectivity index is 0.000000240. The molecule has 0 saturated heterocycles. The van der Waals surface area contributed by atoms with E-state index in [1.807, 2.05) is 0 Å². The minimum absolute atomic E-state index is 0.0269. The summed E-state index contributed by atoms with van der Waals surface area (Å²) in [5.74, 6) is -2.75. The van der Waals surface area contributed by atoms with Gasteiger partial charge in [-0.2, -0.15) is 0 Å². The van der Waals surface area contributed by atoms with Crippen molar-refractivity contribution in [1.29, 1.82) is 0 Å². The van der Waals surface area contributed by atoms with Crippen LogP contribution in [0.25, 0.3) is 6.08 Å². The van der Waals surface area contributed by atoms with Crippen LogP contribution < -0.4 is 0 Å². The first-order chi connectivity index (χ1) is 11.4. The molecular formula is C18H16F2O4. The van der Waals surface area contributed by atoms with Gasteiger partial charge in [-0.1, -0.05) is 36.4 Å². The fraction of sp³-hybridized carbons (Fsp3) is 0.111. The number of rotatable bonds is 5. The molecule has 0 spiro atoms. The highest BCUT2D eigenvalue weighted by atomic mass is 19.1. The molecule has 126 valence electrons. The van der Waals surface area contributed by atoms with Crippen molar-refractivity contribution in [2.45, 2.75) is 12.8 Å². The van der Waals surface area contributed by atoms with Crippen LogP contribution >= 0.6 is 0 Å². The van der Waals surface area contributed by atoms with Crippen LogP contribution in [-0.2, 0) is 16.0 Å². The van der Waals surface area contributed by atoms with Crippen LogP contribution in [0.4, 0.5) is 8.78 Å². The molecule has 0 atom stereocenters. The number of hydrogen-bond acceptors (Lipinski definition) is 2. The molecule has 0 fully saturated rings. The number of benzene rings is 2. The molecule has 0 heterocycles. The second-order valence-electron chi connectivity index (χ2n) is 4.68. The van der Waals surface area contributed by atoms with E-state index in [0.29, 0.717) is 5.56 Å². The SMILES string of the molecule is O=C(O)C=Cc1ccccc1F.O=C(O)CCc1ccccc1F. The van der Waals surface area contributed by atoms with E-state index in [2.05, 4.69) is 0 Å². The number of carboxylic acids is 2. The molecule has 0 aromatic heterocycles. The zero-order valence-corrected chi connectivity index (χ0v) is 12.7. The van der Waals surface area contributed by atoms with Crippen molar-refractivity contribution in [1.82, 2.24) is 0 Å². The van der Waals surface area contributed by atoms with Crippen molar-refractivity contribution < 1.29 is 28.6 Å². The van der Waals surface area contributed by atoms with Crippen molar-refractivity contribution in [3.63, 3.8) is 0 Å². The molecular weight excluding hydrogens is 318 g/mol. The van der Waals surface area contributed by atoms with Crippen molar-refractivity contribution in [2.75, 3.05) is 0 Å². The van der Waals surface area contributed by atoms with Crippen LogP contribution in [0.2, 0.25) is 0 Å². The summed E-state index contributed by atoms with van der Waals surface area (Å²) in [5.41, 5.74) is 0.736. The summed E-state index contributed by atoms with van der Waals surface area (Å²) >= 11 is 0. The van der Waals surface area contributed by atoms with Gasteiger partial charge >= 0.3 is 11.9 Å². The van der Waals surface area contributed by atoms with Gasteiger partial charge in [0.2, 0.25) is 0 Å². The largest absolute Gasteiger partial charge is 0.481 e. The molecule has 0 aliphatic carbocycles. The maximum absolute atomic E-state index is 12.8. The molecule has 0 aliphatic rings. The summed E-state index contributed by atoms with van der Waals surface area (Å²) in [5, 5.41) is 16.6. The van der Waals surface area contributed by atoms with Crippen molar-refractivity contribution in [2.24, 2.45) is 0 Å². The summed E-state index contributed by atoms with van der Waals surface area (Å²) in [4.78, 5) is 20.2. The van der Waals surface area contributed by atoms with Gasteiger partial charge in [0, 0.05) is 18.1 Å². The van der Waals surface area contributed by atoms with Crippen LogP contribution in [0.3, 0.4) is 0 Å². The molecule has 0 bridgehead atoms. The Bertz CT molecular complexity index is 726. The highest BCUT2D eigenvalue weighted by molar-refractivity contribution is 5.85. The van der Waals surface area contributed by atoms with E-state index in [-0.39, 0.29) is 24.2 Å². The first-order valence-electron chi connectivity index (χ1n) is 7.01. The molecule has 2 aromatic carbocycles. The van der Waals surface area contributed by atoms with Gasteiger partial charge in [-0.25, -0.2) is 13.6 Å². The molecule has 2 rings (SSSR count). The van der Waals surface area contributed by atoms with Crippen LogP contribution in [0.5, 0.6) is 0 Å². The number of carboxylic acid groups (broad SMARTS) is 2. The molecule has 2 N–H and O–H groups in total. The number of carbonyl (C=O) groups is 2. The lowest BCUT2D eigenvalue weighted by Gasteiger charge is -1.98. The third kappa shape index (κ3) is 7.31. The van der Waals surface area contributed by atoms with Gasteiger partial charge in [0.1, 0.15) is 11.6 Å². The van der Waals surface area contributed by atoms with E-state index < -0.39 is 17.8 Å². The summed E-state index contributed by atoms with van der Waals surface area (Å²) < 4.78 is 25.6. The number of hydrogen-bond donors (Lipinski definition) is 2. The summed E-state index contributed by atoms with van der Waals surface area (Å²) in [7, 11) is 0. The quantitative estimate of drug-likeness (QED) is 0.816. The van der Waals surface area contributed by atoms with Gasteiger partial charge in [0.25, 0.3) is 0 Å². The van der Waals surface area contributed by atoms with Gasteiger partial charge in [-0.05, 0) is 30.2 Å². The maximum atomic E-state index is 12.8. The molecule has 24 heavy (non-hydrogen) atoms. The Morgan fingerprint density at radius 2 is 1.50 bits per heavy atom. The molecule has 0 amide bonds. The standard InChI is InChI=1S/C9H9FO2.C9H7FO2/c2*10-8-4-2-1-3-7(8)5-6-9(11)12/h1-4H,5-6H2,(H,11,12);1-6H,(H,11,12). The van der Waals surface area contributed by atoms with E-state index in [0.717, 1.165) is 6.08 Å². The predicted octanol–water partition coefficient (Wildman–Crippen LogP) is 3.77. The Morgan fingerprint density at radius 3 is 2.04 bits per heavy atom. The maximum Gasteiger partial charge on any atom is 0.328 e. The first kappa shape index (κ1) is 19.0. The number of halogens is 2. The fourth-order valence-corrected chi connectivity index (χ4v) is 1.71. The van der Waals surface area contributed by atoms with E-state index in [1.54, 1.807) is 30.3 Å². The minimum Gasteiger partial charge on any atom is -0.481 e. The van der Waals surface area contributed by atoms with Crippen molar-refractivity contribution in [3.8, 4) is 0 Å². The molecule has 0 aliphatic heterocycles. The normalized spacial score (nSPS) is 10.1. The topological polar surface area (TPSA) is 74.6 Å². The fourth-order valence-electron chi connectivity index (χ4n) is 1.71. The van der Waals surface area contributed by atoms with Gasteiger partial charge < -0.3 is 10.2 Å². The Labute approximate surface area is 137 Å². The molecule has 0 unspecified atom stereocenters. The third-order valence-corrected chi connectivity index (χ3v) is 2.88. The van der Waals surface area contributed by atoms with E-state index in [4.69, 9.17) is 10.2 Å². The zero-order chi connectivity index (χ0) is 17.9. The highest BCUT2D eigenvalue weighted by Gasteiger charge is 2.02. The van der Waals surface area contributed by atoms with Crippen LogP contribution in [0.1, 0.15) is 17.5 Å². The van der Waals surface area contributed by atoms with Gasteiger partial charge in [-0.3, -0.25) is 4.79 Å². The van der Waals surface area contributed by atoms with E-state index in [1.165, 1.54) is 24.3 Å². The third-order valence-electron chi connectivity index (χ3n) is 2.88. The first-order valence-corrected chi connectivity index (χ1v) is 7.01. The molecule has 4 nitrogen and oxygen atoms in total. The number of aliphatic carboxylic acids is 2. The average Bonchev–Trinajstić information content (AvgIpc) is 2.54. The van der Waals surface area contributed by atoms with Crippen molar-refractivity contribution in [3.05, 3.63) is 77.4 Å². The van der Waals surface area contributed by atoms with Gasteiger partial charge in [-0.15, -0.1) is 0 Å². The Hall–Kier alpha value is -3.02. The van der Waals surface area contributed by atoms with Crippen LogP contribution in [-0.4, -0.2) is 22.2 Å². The summed E-state index contributed by atoms with van der Waals surface area (Å²) in [6.07, 6.45) is 2.35. The molecule has 0 radical (unpaired) electrons. The Morgan fingerprint density at radius 1 is 0.917 bits per heavy atom. The highest BCUT2D eigenvalue weighted by Crippen LogP contribution is 2.08. The lowest BCUT2D eigenvalue weighted by Crippen LogP contribution is -1.98. The average molecular weight is 334 g/mol. The second-order valence-corrected chi connectivity index (χ2v) is 4.68. The molecule has 6 heteroatoms. The summed E-state index contributed by atoms with van der Waals surface area (Å²) in [6, 6.07) is 12.2. The van der Waals surface area contributed by atoms with Gasteiger partial charge in [0.15, 0.2) is 0 Å². The summed E-state index contributed by atoms with van der Waals surface area (Å²) in [6.45, 7) is 0. The van der Waals surface area contributed by atoms with Crippen molar-refractivity contribution >= 4 is 18.0 Å². The second kappa shape index (κ2) is 9.89.